The number of hydrogen-bond acceptors (Lipinski definition) is 7. The van der Waals surface area contributed by atoms with Crippen LogP contribution in [0.25, 0.3) is 0 Å². The Labute approximate surface area is 104 Å². The lowest BCUT2D eigenvalue weighted by atomic mass is 10.6. The van der Waals surface area contributed by atoms with Crippen LogP contribution in [0.15, 0.2) is 12.4 Å². The van der Waals surface area contributed by atoms with Crippen LogP contribution in [0.5, 0.6) is 17.8 Å². The third-order valence-corrected chi connectivity index (χ3v) is 1.98. The topological polar surface area (TPSA) is 87.0 Å². The molecule has 0 unspecified atom stereocenters. The van der Waals surface area contributed by atoms with Crippen molar-refractivity contribution >= 4 is 5.95 Å². The van der Waals surface area contributed by atoms with Gasteiger partial charge in [-0.1, -0.05) is 0 Å². The number of aryl methyl sites for hydroxylation is 1. The normalized spacial score (nSPS) is 10.2. The van der Waals surface area contributed by atoms with Crippen molar-refractivity contribution in [3.05, 3.63) is 12.4 Å². The molecule has 0 atom stereocenters. The van der Waals surface area contributed by atoms with Crippen LogP contribution in [0, 0.1) is 0 Å². The van der Waals surface area contributed by atoms with E-state index >= 15 is 0 Å². The fourth-order valence-corrected chi connectivity index (χ4v) is 1.25. The summed E-state index contributed by atoms with van der Waals surface area (Å²) in [5.74, 6) is 0.931. The van der Waals surface area contributed by atoms with E-state index in [1.54, 1.807) is 31.2 Å². The van der Waals surface area contributed by atoms with Crippen molar-refractivity contribution in [1.82, 2.24) is 24.7 Å². The van der Waals surface area contributed by atoms with Crippen LogP contribution in [0.2, 0.25) is 0 Å². The summed E-state index contributed by atoms with van der Waals surface area (Å²) in [7, 11) is 3.50. The molecule has 0 spiro atoms. The van der Waals surface area contributed by atoms with Gasteiger partial charge in [0, 0.05) is 14.1 Å². The van der Waals surface area contributed by atoms with Gasteiger partial charge in [0.15, 0.2) is 5.75 Å². The molecule has 8 nitrogen and oxygen atoms in total. The van der Waals surface area contributed by atoms with Gasteiger partial charge < -0.3 is 14.8 Å². The van der Waals surface area contributed by atoms with Crippen molar-refractivity contribution in [2.24, 2.45) is 7.05 Å². The Morgan fingerprint density at radius 2 is 2.06 bits per heavy atom. The van der Waals surface area contributed by atoms with E-state index in [4.69, 9.17) is 9.47 Å². The van der Waals surface area contributed by atoms with Gasteiger partial charge in [0.05, 0.1) is 19.0 Å². The van der Waals surface area contributed by atoms with Gasteiger partial charge in [-0.25, -0.2) is 0 Å². The zero-order valence-electron chi connectivity index (χ0n) is 10.4. The van der Waals surface area contributed by atoms with E-state index < -0.39 is 0 Å². The number of hydrogen-bond donors (Lipinski definition) is 1. The van der Waals surface area contributed by atoms with E-state index in [2.05, 4.69) is 25.4 Å². The highest BCUT2D eigenvalue weighted by Gasteiger charge is 2.09. The molecule has 2 aromatic heterocycles. The largest absolute Gasteiger partial charge is 0.464 e. The lowest BCUT2D eigenvalue weighted by Crippen LogP contribution is -2.05. The van der Waals surface area contributed by atoms with Crippen molar-refractivity contribution in [3.63, 3.8) is 0 Å². The van der Waals surface area contributed by atoms with Crippen molar-refractivity contribution in [2.45, 2.75) is 6.92 Å². The fourth-order valence-electron chi connectivity index (χ4n) is 1.25. The van der Waals surface area contributed by atoms with Gasteiger partial charge in [-0.2, -0.15) is 15.1 Å². The molecule has 0 aromatic carbocycles. The summed E-state index contributed by atoms with van der Waals surface area (Å²) >= 11 is 0. The van der Waals surface area contributed by atoms with Gasteiger partial charge in [0.25, 0.3) is 0 Å². The van der Waals surface area contributed by atoms with Crippen LogP contribution < -0.4 is 14.8 Å². The van der Waals surface area contributed by atoms with Crippen LogP contribution in [0.3, 0.4) is 0 Å². The lowest BCUT2D eigenvalue weighted by molar-refractivity contribution is 0.304. The lowest BCUT2D eigenvalue weighted by Gasteiger charge is -2.06. The number of anilines is 1. The molecule has 96 valence electrons. The van der Waals surface area contributed by atoms with Crippen LogP contribution >= 0.6 is 0 Å². The van der Waals surface area contributed by atoms with Crippen LogP contribution in [-0.4, -0.2) is 38.4 Å². The average molecular weight is 250 g/mol. The van der Waals surface area contributed by atoms with Gasteiger partial charge in [-0.3, -0.25) is 4.68 Å². The first-order chi connectivity index (χ1) is 8.71. The zero-order valence-corrected chi connectivity index (χ0v) is 10.4. The molecule has 2 aromatic rings. The average Bonchev–Trinajstić information content (AvgIpc) is 2.75. The second-order valence-corrected chi connectivity index (χ2v) is 3.36. The molecule has 0 saturated carbocycles. The molecule has 0 aliphatic rings. The standard InChI is InChI=1S/C10H14N6O2/c1-4-17-9-13-8(11-2)14-10(15-9)18-7-5-12-16(3)6-7/h5-6H,4H2,1-3H3,(H,11,13,14,15). The molecule has 0 bridgehead atoms. The summed E-state index contributed by atoms with van der Waals surface area (Å²) in [5, 5.41) is 6.80. The smallest absolute Gasteiger partial charge is 0.330 e. The predicted molar refractivity (Wildman–Crippen MR) is 63.8 cm³/mol. The minimum absolute atomic E-state index is 0.158. The quantitative estimate of drug-likeness (QED) is 0.841. The maximum atomic E-state index is 5.46. The highest BCUT2D eigenvalue weighted by molar-refractivity contribution is 5.28. The van der Waals surface area contributed by atoms with Gasteiger partial charge in [-0.15, -0.1) is 4.98 Å². The first-order valence-corrected chi connectivity index (χ1v) is 5.44. The summed E-state index contributed by atoms with van der Waals surface area (Å²) in [6, 6.07) is 0.376. The number of nitrogens with zero attached hydrogens (tertiary/aromatic N) is 5. The van der Waals surface area contributed by atoms with E-state index in [1.807, 2.05) is 6.92 Å². The van der Waals surface area contributed by atoms with E-state index in [9.17, 15) is 0 Å². The third-order valence-electron chi connectivity index (χ3n) is 1.98. The van der Waals surface area contributed by atoms with Gasteiger partial charge in [-0.05, 0) is 6.92 Å². The van der Waals surface area contributed by atoms with E-state index in [-0.39, 0.29) is 12.0 Å². The second kappa shape index (κ2) is 5.30. The van der Waals surface area contributed by atoms with Crippen molar-refractivity contribution in [2.75, 3.05) is 19.0 Å². The van der Waals surface area contributed by atoms with E-state index in [0.717, 1.165) is 0 Å². The third kappa shape index (κ3) is 2.84. The molecule has 0 saturated heterocycles. The van der Waals surface area contributed by atoms with E-state index in [0.29, 0.717) is 18.3 Å². The Morgan fingerprint density at radius 3 is 2.67 bits per heavy atom. The van der Waals surface area contributed by atoms with Gasteiger partial charge >= 0.3 is 12.0 Å². The first-order valence-electron chi connectivity index (χ1n) is 5.44. The predicted octanol–water partition coefficient (Wildman–Crippen LogP) is 0.838. The maximum absolute atomic E-state index is 5.46. The first kappa shape index (κ1) is 12.1. The number of nitrogens with one attached hydrogen (secondary N) is 1. The fraction of sp³-hybridized carbons (Fsp3) is 0.400. The molecule has 0 amide bonds. The SMILES string of the molecule is CCOc1nc(NC)nc(Oc2cnn(C)c2)n1. The monoisotopic (exact) mass is 250 g/mol. The molecular formula is C10H14N6O2. The number of rotatable bonds is 5. The van der Waals surface area contributed by atoms with Crippen molar-refractivity contribution in [1.29, 1.82) is 0 Å². The minimum atomic E-state index is 0.158. The van der Waals surface area contributed by atoms with E-state index in [1.165, 1.54) is 0 Å². The van der Waals surface area contributed by atoms with Crippen molar-refractivity contribution < 1.29 is 9.47 Å². The maximum Gasteiger partial charge on any atom is 0.330 e. The Balaban J connectivity index is 2.23. The Kier molecular flexibility index (Phi) is 3.56. The molecule has 1 N–H and O–H groups in total. The van der Waals surface area contributed by atoms with Gasteiger partial charge in [0.1, 0.15) is 0 Å². The Morgan fingerprint density at radius 1 is 1.28 bits per heavy atom. The van der Waals surface area contributed by atoms with Crippen LogP contribution in [0.4, 0.5) is 5.95 Å². The van der Waals surface area contributed by atoms with Crippen LogP contribution in [0.1, 0.15) is 6.92 Å². The van der Waals surface area contributed by atoms with Crippen LogP contribution in [-0.2, 0) is 7.05 Å². The summed E-state index contributed by atoms with van der Waals surface area (Å²) in [5.41, 5.74) is 0. The highest BCUT2D eigenvalue weighted by atomic mass is 16.5. The Bertz CT molecular complexity index is 527. The molecule has 8 heteroatoms. The molecule has 0 aliphatic heterocycles. The summed E-state index contributed by atoms with van der Waals surface area (Å²) in [6.07, 6.45) is 3.28. The molecule has 0 fully saturated rings. The summed E-state index contributed by atoms with van der Waals surface area (Å²) in [4.78, 5) is 12.1. The molecule has 2 heterocycles. The Hall–Kier alpha value is -2.38. The molecule has 0 radical (unpaired) electrons. The van der Waals surface area contributed by atoms with Gasteiger partial charge in [0.2, 0.25) is 5.95 Å². The van der Waals surface area contributed by atoms with Crippen molar-refractivity contribution in [3.8, 4) is 17.8 Å². The minimum Gasteiger partial charge on any atom is -0.464 e. The second-order valence-electron chi connectivity index (χ2n) is 3.36. The number of ether oxygens (including phenoxy) is 2. The molecule has 2 rings (SSSR count). The highest BCUT2D eigenvalue weighted by Crippen LogP contribution is 2.19. The summed E-state index contributed by atoms with van der Waals surface area (Å²) in [6.45, 7) is 2.32. The molecular weight excluding hydrogens is 236 g/mol. The molecule has 18 heavy (non-hydrogen) atoms. The zero-order chi connectivity index (χ0) is 13.0. The molecule has 0 aliphatic carbocycles. The number of aromatic nitrogens is 5. The summed E-state index contributed by atoms with van der Waals surface area (Å²) < 4.78 is 12.3.